The number of nitrogens with two attached hydrogens (primary N) is 1. The summed E-state index contributed by atoms with van der Waals surface area (Å²) < 4.78 is 18.9. The summed E-state index contributed by atoms with van der Waals surface area (Å²) in [6.07, 6.45) is 5.99. The number of likely N-dealkylation sites (tertiary alicyclic amines) is 1. The number of nitrogen functional groups attached to an aromatic ring is 1. The molecule has 1 aliphatic rings. The number of nitrogens with zero attached hydrogens (tertiary/aromatic N) is 5. The summed E-state index contributed by atoms with van der Waals surface area (Å²) in [6, 6.07) is 7.91. The first-order chi connectivity index (χ1) is 16.1. The van der Waals surface area contributed by atoms with Gasteiger partial charge in [0.2, 0.25) is 5.89 Å². The van der Waals surface area contributed by atoms with E-state index in [1.54, 1.807) is 20.4 Å². The number of fused-ring (bicyclic) bond motifs is 1. The van der Waals surface area contributed by atoms with Gasteiger partial charge in [-0.2, -0.15) is 5.10 Å². The summed E-state index contributed by atoms with van der Waals surface area (Å²) in [4.78, 5) is 11.4. The third-order valence-electron chi connectivity index (χ3n) is 6.21. The van der Waals surface area contributed by atoms with Crippen molar-refractivity contribution in [2.75, 3.05) is 40.1 Å². The van der Waals surface area contributed by atoms with E-state index in [4.69, 9.17) is 24.7 Å². The Morgan fingerprint density at radius 3 is 2.76 bits per heavy atom. The molecule has 0 spiro atoms. The zero-order valence-corrected chi connectivity index (χ0v) is 19.1. The van der Waals surface area contributed by atoms with Crippen molar-refractivity contribution in [3.8, 4) is 28.3 Å². The van der Waals surface area contributed by atoms with Crippen LogP contribution in [0.15, 0.2) is 41.1 Å². The van der Waals surface area contributed by atoms with Gasteiger partial charge in [-0.15, -0.1) is 0 Å². The quantitative estimate of drug-likeness (QED) is 0.475. The van der Waals surface area contributed by atoms with Gasteiger partial charge in [-0.1, -0.05) is 6.07 Å². The zero-order chi connectivity index (χ0) is 22.9. The molecular formula is C24H28N6O3. The molecule has 5 rings (SSSR count). The van der Waals surface area contributed by atoms with Gasteiger partial charge in [-0.05, 0) is 51.2 Å². The molecule has 3 aromatic heterocycles. The number of para-hydroxylation sites is 1. The number of aromatic nitrogens is 4. The van der Waals surface area contributed by atoms with Crippen molar-refractivity contribution >= 4 is 16.9 Å². The van der Waals surface area contributed by atoms with Crippen molar-refractivity contribution in [2.45, 2.75) is 25.5 Å². The number of hydrogen-bond donors (Lipinski definition) is 1. The van der Waals surface area contributed by atoms with E-state index in [0.29, 0.717) is 46.8 Å². The highest BCUT2D eigenvalue weighted by Crippen LogP contribution is 2.35. The lowest BCUT2D eigenvalue weighted by Crippen LogP contribution is -2.31. The van der Waals surface area contributed by atoms with Gasteiger partial charge >= 0.3 is 0 Å². The molecule has 4 heterocycles. The second-order valence-corrected chi connectivity index (χ2v) is 8.42. The number of pyridine rings is 1. The molecular weight excluding hydrogens is 420 g/mol. The lowest BCUT2D eigenvalue weighted by atomic mass is 10.0. The van der Waals surface area contributed by atoms with Crippen LogP contribution < -0.4 is 10.5 Å². The Labute approximate surface area is 192 Å². The van der Waals surface area contributed by atoms with Crippen molar-refractivity contribution < 1.29 is 13.9 Å². The van der Waals surface area contributed by atoms with Crippen LogP contribution in [0.1, 0.15) is 24.6 Å². The Kier molecular flexibility index (Phi) is 5.74. The smallest absolute Gasteiger partial charge is 0.231 e. The largest absolute Gasteiger partial charge is 0.493 e. The van der Waals surface area contributed by atoms with Gasteiger partial charge in [0.15, 0.2) is 11.3 Å². The molecule has 0 atom stereocenters. The monoisotopic (exact) mass is 448 g/mol. The summed E-state index contributed by atoms with van der Waals surface area (Å²) >= 11 is 0. The number of piperidine rings is 1. The minimum atomic E-state index is 0.347. The maximum absolute atomic E-state index is 6.23. The first kappa shape index (κ1) is 21.4. The number of rotatable bonds is 6. The van der Waals surface area contributed by atoms with Gasteiger partial charge in [0.25, 0.3) is 0 Å². The van der Waals surface area contributed by atoms with E-state index >= 15 is 0 Å². The summed E-state index contributed by atoms with van der Waals surface area (Å²) in [5, 5.41) is 4.87. The summed E-state index contributed by atoms with van der Waals surface area (Å²) in [5.41, 5.74) is 10.9. The number of hydrogen-bond acceptors (Lipinski definition) is 8. The van der Waals surface area contributed by atoms with E-state index in [9.17, 15) is 0 Å². The molecule has 0 aliphatic carbocycles. The highest BCUT2D eigenvalue weighted by Gasteiger charge is 2.23. The molecule has 9 heteroatoms. The molecule has 0 unspecified atom stereocenters. The Hall–Kier alpha value is -3.43. The van der Waals surface area contributed by atoms with E-state index in [1.165, 1.54) is 0 Å². The van der Waals surface area contributed by atoms with Crippen molar-refractivity contribution in [3.05, 3.63) is 42.4 Å². The Morgan fingerprint density at radius 1 is 1.18 bits per heavy atom. The normalized spacial score (nSPS) is 15.4. The average Bonchev–Trinajstić information content (AvgIpc) is 3.44. The third kappa shape index (κ3) is 4.05. The standard InChI is InChI=1S/C24H28N6O3/c1-29-9-7-16(8-10-29)30-13-18(20(28-30)14-31-2)15-11-17(23(25)26-12-15)24-27-19-5-4-6-21(32-3)22(19)33-24/h4-6,11-13,16H,7-10,14H2,1-3H3,(H2,25,26). The fraction of sp³-hybridized carbons (Fsp3) is 0.375. The predicted octanol–water partition coefficient (Wildman–Crippen LogP) is 3.76. The molecule has 2 N–H and O–H groups in total. The minimum absolute atomic E-state index is 0.347. The molecule has 172 valence electrons. The second-order valence-electron chi connectivity index (χ2n) is 8.42. The molecule has 9 nitrogen and oxygen atoms in total. The Morgan fingerprint density at radius 2 is 2.00 bits per heavy atom. The second kappa shape index (κ2) is 8.84. The highest BCUT2D eigenvalue weighted by atomic mass is 16.5. The van der Waals surface area contributed by atoms with Crippen molar-refractivity contribution in [1.82, 2.24) is 24.6 Å². The minimum Gasteiger partial charge on any atom is -0.493 e. The van der Waals surface area contributed by atoms with Gasteiger partial charge in [0.05, 0.1) is 31.0 Å². The summed E-state index contributed by atoms with van der Waals surface area (Å²) in [7, 11) is 5.44. The van der Waals surface area contributed by atoms with E-state index in [1.807, 2.05) is 24.3 Å². The van der Waals surface area contributed by atoms with Crippen LogP contribution in [0.4, 0.5) is 5.82 Å². The highest BCUT2D eigenvalue weighted by molar-refractivity contribution is 5.84. The SMILES string of the molecule is COCc1nn(C2CCN(C)CC2)cc1-c1cnc(N)c(-c2nc3cccc(OC)c3o2)c1. The first-order valence-corrected chi connectivity index (χ1v) is 11.0. The van der Waals surface area contributed by atoms with E-state index in [2.05, 4.69) is 32.8 Å². The van der Waals surface area contributed by atoms with Gasteiger partial charge in [-0.3, -0.25) is 4.68 Å². The summed E-state index contributed by atoms with van der Waals surface area (Å²) in [5.74, 6) is 1.37. The van der Waals surface area contributed by atoms with Crippen LogP contribution in [0.3, 0.4) is 0 Å². The van der Waals surface area contributed by atoms with Crippen LogP contribution in [-0.4, -0.2) is 59.0 Å². The number of anilines is 1. The van der Waals surface area contributed by atoms with Gasteiger partial charge < -0.3 is 24.5 Å². The fourth-order valence-electron chi connectivity index (χ4n) is 4.35. The number of oxazole rings is 1. The van der Waals surface area contributed by atoms with Gasteiger partial charge in [-0.25, -0.2) is 9.97 Å². The maximum Gasteiger partial charge on any atom is 0.231 e. The fourth-order valence-corrected chi connectivity index (χ4v) is 4.35. The third-order valence-corrected chi connectivity index (χ3v) is 6.21. The van der Waals surface area contributed by atoms with Gasteiger partial charge in [0, 0.05) is 30.6 Å². The molecule has 1 aliphatic heterocycles. The molecule has 4 aromatic rings. The van der Waals surface area contributed by atoms with Crippen LogP contribution in [0.5, 0.6) is 5.75 Å². The topological polar surface area (TPSA) is 104 Å². The maximum atomic E-state index is 6.23. The van der Waals surface area contributed by atoms with Crippen molar-refractivity contribution in [1.29, 1.82) is 0 Å². The molecule has 0 bridgehead atoms. The average molecular weight is 449 g/mol. The van der Waals surface area contributed by atoms with E-state index in [-0.39, 0.29) is 0 Å². The van der Waals surface area contributed by atoms with Crippen LogP contribution in [0.2, 0.25) is 0 Å². The van der Waals surface area contributed by atoms with E-state index < -0.39 is 0 Å². The molecule has 0 amide bonds. The Bertz CT molecular complexity index is 1270. The molecule has 33 heavy (non-hydrogen) atoms. The van der Waals surface area contributed by atoms with Gasteiger partial charge in [0.1, 0.15) is 11.3 Å². The van der Waals surface area contributed by atoms with Crippen LogP contribution >= 0.6 is 0 Å². The van der Waals surface area contributed by atoms with Crippen LogP contribution in [0, 0.1) is 0 Å². The lowest BCUT2D eigenvalue weighted by molar-refractivity contribution is 0.178. The lowest BCUT2D eigenvalue weighted by Gasteiger charge is -2.29. The molecule has 0 radical (unpaired) electrons. The van der Waals surface area contributed by atoms with Crippen molar-refractivity contribution in [2.24, 2.45) is 0 Å². The molecule has 1 fully saturated rings. The molecule has 1 aromatic carbocycles. The zero-order valence-electron chi connectivity index (χ0n) is 19.1. The number of benzene rings is 1. The molecule has 1 saturated heterocycles. The van der Waals surface area contributed by atoms with Crippen LogP contribution in [0.25, 0.3) is 33.7 Å². The molecule has 0 saturated carbocycles. The van der Waals surface area contributed by atoms with E-state index in [0.717, 1.165) is 42.8 Å². The van der Waals surface area contributed by atoms with Crippen LogP contribution in [-0.2, 0) is 11.3 Å². The number of methoxy groups -OCH3 is 2. The summed E-state index contributed by atoms with van der Waals surface area (Å²) in [6.45, 7) is 2.54. The Balaban J connectivity index is 1.55. The first-order valence-electron chi connectivity index (χ1n) is 11.0. The number of ether oxygens (including phenoxy) is 2. The van der Waals surface area contributed by atoms with Crippen molar-refractivity contribution in [3.63, 3.8) is 0 Å². The predicted molar refractivity (Wildman–Crippen MR) is 126 cm³/mol.